The van der Waals surface area contributed by atoms with E-state index < -0.39 is 14.9 Å². The fraction of sp³-hybridized carbons (Fsp3) is 0.100. The molecule has 2 unspecified atom stereocenters. The van der Waals surface area contributed by atoms with Gasteiger partial charge in [-0.3, -0.25) is 0 Å². The van der Waals surface area contributed by atoms with Crippen LogP contribution in [0.15, 0.2) is 63.3 Å². The molecule has 26 heavy (non-hydrogen) atoms. The summed E-state index contributed by atoms with van der Waals surface area (Å²) in [6.45, 7) is 0. The number of halogens is 3. The summed E-state index contributed by atoms with van der Waals surface area (Å²) in [7, 11) is 19.8. The molecule has 1 aliphatic heterocycles. The van der Waals surface area contributed by atoms with Crippen molar-refractivity contribution in [3.05, 3.63) is 85.6 Å². The van der Waals surface area contributed by atoms with Crippen LogP contribution in [0, 0.1) is 0 Å². The molecule has 0 spiro atoms. The Balaban J connectivity index is 1.69. The number of allylic oxidation sites excluding steroid dienone is 3. The zero-order valence-corrected chi connectivity index (χ0v) is 20.8. The molecule has 1 heterocycles. The van der Waals surface area contributed by atoms with Crippen LogP contribution in [0.3, 0.4) is 0 Å². The second-order valence-electron chi connectivity index (χ2n) is 6.90. The van der Waals surface area contributed by atoms with E-state index in [2.05, 4.69) is 70.6 Å². The van der Waals surface area contributed by atoms with Gasteiger partial charge in [0, 0.05) is 0 Å². The van der Waals surface area contributed by atoms with Crippen LogP contribution >= 0.6 is 54.1 Å². The summed E-state index contributed by atoms with van der Waals surface area (Å²) in [6, 6.07) is 14.7. The van der Waals surface area contributed by atoms with Gasteiger partial charge in [-0.1, -0.05) is 0 Å². The number of thiol groups is 1. The molecule has 0 radical (unpaired) electrons. The maximum absolute atomic E-state index is 7.35. The van der Waals surface area contributed by atoms with E-state index in [1.807, 2.05) is 12.1 Å². The standard InChI is InChI=1S/C11H6BrS.C9H7.2ClH.H2S.Zr/c12-11-6-9-8-4-2-1-3-7(8)5-10(9)13-11;1-2-5-9-7-3-6-8(9)4-1;;;;/h1-2,4-6,9H;1-7H;2*1H;1H2;/q;;;;;+3/p-3. The van der Waals surface area contributed by atoms with Crippen molar-refractivity contribution < 1.29 is 14.9 Å². The summed E-state index contributed by atoms with van der Waals surface area (Å²) in [4.78, 5) is 1.33. The van der Waals surface area contributed by atoms with Crippen molar-refractivity contribution in [2.24, 2.45) is 0 Å². The zero-order chi connectivity index (χ0) is 18.1. The molecule has 0 bridgehead atoms. The maximum atomic E-state index is 7.35. The molecule has 0 fully saturated rings. The van der Waals surface area contributed by atoms with Gasteiger partial charge in [-0.25, -0.2) is 0 Å². The van der Waals surface area contributed by atoms with Crippen molar-refractivity contribution >= 4 is 69.5 Å². The molecule has 131 valence electrons. The Labute approximate surface area is 177 Å². The van der Waals surface area contributed by atoms with Crippen molar-refractivity contribution in [1.82, 2.24) is 0 Å². The van der Waals surface area contributed by atoms with Crippen LogP contribution in [0.2, 0.25) is 0 Å². The molecule has 3 aliphatic rings. The van der Waals surface area contributed by atoms with Gasteiger partial charge in [-0.05, 0) is 0 Å². The van der Waals surface area contributed by atoms with E-state index in [-0.39, 0.29) is 3.63 Å². The molecule has 5 rings (SSSR count). The summed E-state index contributed by atoms with van der Waals surface area (Å²) in [6.07, 6.45) is 8.78. The second kappa shape index (κ2) is 6.15. The molecule has 0 amide bonds. The number of thioether (sulfide) groups is 1. The predicted octanol–water partition coefficient (Wildman–Crippen LogP) is 7.34. The van der Waals surface area contributed by atoms with Gasteiger partial charge in [0.15, 0.2) is 0 Å². The van der Waals surface area contributed by atoms with E-state index in [9.17, 15) is 0 Å². The Morgan fingerprint density at radius 1 is 1.04 bits per heavy atom. The molecule has 0 nitrogen and oxygen atoms in total. The van der Waals surface area contributed by atoms with E-state index in [4.69, 9.17) is 26.4 Å². The van der Waals surface area contributed by atoms with E-state index in [1.165, 1.54) is 31.0 Å². The van der Waals surface area contributed by atoms with Gasteiger partial charge in [-0.15, -0.1) is 0 Å². The molecule has 0 saturated heterocycles. The van der Waals surface area contributed by atoms with Gasteiger partial charge in [0.1, 0.15) is 0 Å². The van der Waals surface area contributed by atoms with Gasteiger partial charge < -0.3 is 0 Å². The molecule has 0 N–H and O–H groups in total. The second-order valence-corrected chi connectivity index (χ2v) is 36.4. The first-order valence-electron chi connectivity index (χ1n) is 8.33. The van der Waals surface area contributed by atoms with Gasteiger partial charge in [-0.2, -0.15) is 0 Å². The number of fused-ring (bicyclic) bond motifs is 4. The van der Waals surface area contributed by atoms with E-state index >= 15 is 0 Å². The molecule has 2 aromatic rings. The summed E-state index contributed by atoms with van der Waals surface area (Å²) < 4.78 is 2.19. The van der Waals surface area contributed by atoms with Crippen LogP contribution in [-0.2, 0) is 14.9 Å². The van der Waals surface area contributed by atoms with Crippen LogP contribution < -0.4 is 3.27 Å². The van der Waals surface area contributed by atoms with Crippen LogP contribution in [0.5, 0.6) is 0 Å². The quantitative estimate of drug-likeness (QED) is 0.375. The summed E-state index contributed by atoms with van der Waals surface area (Å²) in [5.74, 6) is 0.308. The van der Waals surface area contributed by atoms with Crippen molar-refractivity contribution in [3.63, 3.8) is 0 Å². The summed E-state index contributed by atoms with van der Waals surface area (Å²) in [5, 5.41) is 0. The van der Waals surface area contributed by atoms with Gasteiger partial charge in [0.2, 0.25) is 0 Å². The van der Waals surface area contributed by atoms with E-state index in [0.29, 0.717) is 5.92 Å². The number of benzene rings is 2. The van der Waals surface area contributed by atoms with Crippen molar-refractivity contribution in [3.8, 4) is 0 Å². The average molecular weight is 561 g/mol. The Kier molecular flexibility index (Phi) is 4.34. The van der Waals surface area contributed by atoms with Gasteiger partial charge in [0.25, 0.3) is 0 Å². The van der Waals surface area contributed by atoms with Gasteiger partial charge in [0.05, 0.1) is 0 Å². The van der Waals surface area contributed by atoms with Crippen molar-refractivity contribution in [1.29, 1.82) is 0 Å². The Morgan fingerprint density at radius 2 is 1.81 bits per heavy atom. The number of rotatable bonds is 2. The monoisotopic (exact) mass is 557 g/mol. The molecule has 2 aromatic carbocycles. The Bertz CT molecular complexity index is 1050. The average Bonchev–Trinajstić information content (AvgIpc) is 3.25. The first-order valence-corrected chi connectivity index (χ1v) is 22.7. The fourth-order valence-electron chi connectivity index (χ4n) is 4.18. The minimum atomic E-state index is -4.62. The third-order valence-corrected chi connectivity index (χ3v) is 22.6. The third-order valence-electron chi connectivity index (χ3n) is 5.39. The Hall–Kier alpha value is 0.303. The summed E-state index contributed by atoms with van der Waals surface area (Å²) >= 11 is 0.753. The molecule has 2 atom stereocenters. The number of hydrogen-bond acceptors (Lipinski definition) is 2. The van der Waals surface area contributed by atoms with Crippen LogP contribution in [-0.4, -0.2) is 0 Å². The van der Waals surface area contributed by atoms with Crippen molar-refractivity contribution in [2.75, 3.05) is 0 Å². The Morgan fingerprint density at radius 3 is 2.65 bits per heavy atom. The van der Waals surface area contributed by atoms with Gasteiger partial charge >= 0.3 is 180 Å². The van der Waals surface area contributed by atoms with Crippen LogP contribution in [0.25, 0.3) is 12.2 Å². The van der Waals surface area contributed by atoms with Crippen LogP contribution in [0.4, 0.5) is 0 Å². The third kappa shape index (κ3) is 2.67. The van der Waals surface area contributed by atoms with Crippen molar-refractivity contribution in [2.45, 2.75) is 9.54 Å². The number of hydrogen-bond donors (Lipinski definition) is 1. The molecular formula is C20H14BrCl2S2Zr. The minimum absolute atomic E-state index is 0.0282. The summed E-state index contributed by atoms with van der Waals surface area (Å²) in [5.41, 5.74) is 4.85. The first-order chi connectivity index (χ1) is 12.3. The van der Waals surface area contributed by atoms with E-state index in [0.717, 1.165) is 3.27 Å². The molecule has 2 aliphatic carbocycles. The molecular weight excluding hydrogens is 546 g/mol. The molecule has 6 heteroatoms. The normalized spacial score (nSPS) is 24.4. The predicted molar refractivity (Wildman–Crippen MR) is 120 cm³/mol. The van der Waals surface area contributed by atoms with Crippen LogP contribution in [0.1, 0.15) is 31.8 Å². The first kappa shape index (κ1) is 18.3. The SMILES string of the molecule is [SH][Zr]([Cl])([Cl])([c]1cccc2c1C=C1SC(Br)=CC12)[CH]1C=Cc2ccccc21. The molecule has 0 aromatic heterocycles. The fourth-order valence-corrected chi connectivity index (χ4v) is 19.1. The zero-order valence-electron chi connectivity index (χ0n) is 13.5. The van der Waals surface area contributed by atoms with E-state index in [1.54, 1.807) is 11.8 Å². The molecule has 0 saturated carbocycles. The topological polar surface area (TPSA) is 0 Å².